The minimum atomic E-state index is -0.751. The SMILES string of the molecule is CC(O)(CC1CCCCN1)c1cccc2ccsc12. The van der Waals surface area contributed by atoms with Crippen molar-refractivity contribution in [3.05, 3.63) is 35.2 Å². The van der Waals surface area contributed by atoms with Crippen molar-refractivity contribution in [1.29, 1.82) is 0 Å². The molecule has 102 valence electrons. The summed E-state index contributed by atoms with van der Waals surface area (Å²) in [4.78, 5) is 0. The summed E-state index contributed by atoms with van der Waals surface area (Å²) in [5.41, 5.74) is 0.326. The monoisotopic (exact) mass is 275 g/mol. The lowest BCUT2D eigenvalue weighted by molar-refractivity contribution is 0.0348. The molecule has 2 nitrogen and oxygen atoms in total. The zero-order valence-corrected chi connectivity index (χ0v) is 12.2. The number of aliphatic hydroxyl groups is 1. The van der Waals surface area contributed by atoms with Gasteiger partial charge >= 0.3 is 0 Å². The van der Waals surface area contributed by atoms with Crippen molar-refractivity contribution >= 4 is 21.4 Å². The van der Waals surface area contributed by atoms with Gasteiger partial charge in [0, 0.05) is 16.3 Å². The number of piperidine rings is 1. The number of nitrogens with one attached hydrogen (secondary N) is 1. The molecule has 1 aromatic carbocycles. The Bertz CT molecular complexity index is 555. The molecule has 1 aliphatic heterocycles. The molecular formula is C16H21NOS. The fourth-order valence-electron chi connectivity index (χ4n) is 3.11. The Balaban J connectivity index is 1.88. The van der Waals surface area contributed by atoms with Crippen molar-refractivity contribution in [2.45, 2.75) is 44.2 Å². The molecule has 1 saturated heterocycles. The van der Waals surface area contributed by atoms with Crippen LogP contribution in [0, 0.1) is 0 Å². The van der Waals surface area contributed by atoms with Crippen LogP contribution in [0.15, 0.2) is 29.6 Å². The van der Waals surface area contributed by atoms with E-state index in [0.29, 0.717) is 6.04 Å². The van der Waals surface area contributed by atoms with Gasteiger partial charge in [0.1, 0.15) is 0 Å². The third-order valence-electron chi connectivity index (χ3n) is 4.12. The smallest absolute Gasteiger partial charge is 0.0897 e. The van der Waals surface area contributed by atoms with E-state index in [1.165, 1.54) is 29.3 Å². The highest BCUT2D eigenvalue weighted by Gasteiger charge is 2.29. The normalized spacial score (nSPS) is 23.4. The maximum atomic E-state index is 10.9. The molecule has 0 amide bonds. The second-order valence-electron chi connectivity index (χ2n) is 5.77. The quantitative estimate of drug-likeness (QED) is 0.896. The summed E-state index contributed by atoms with van der Waals surface area (Å²) in [6.45, 7) is 3.04. The first kappa shape index (κ1) is 13.1. The largest absolute Gasteiger partial charge is 0.385 e. The molecule has 19 heavy (non-hydrogen) atoms. The summed E-state index contributed by atoms with van der Waals surface area (Å²) < 4.78 is 1.23. The summed E-state index contributed by atoms with van der Waals surface area (Å²) in [7, 11) is 0. The zero-order valence-electron chi connectivity index (χ0n) is 11.4. The molecule has 2 unspecified atom stereocenters. The zero-order chi connectivity index (χ0) is 13.3. The first-order chi connectivity index (χ1) is 9.17. The van der Waals surface area contributed by atoms with E-state index in [4.69, 9.17) is 0 Å². The van der Waals surface area contributed by atoms with Crippen molar-refractivity contribution in [3.8, 4) is 0 Å². The maximum absolute atomic E-state index is 10.9. The van der Waals surface area contributed by atoms with Gasteiger partial charge in [0.05, 0.1) is 5.60 Å². The number of rotatable bonds is 3. The van der Waals surface area contributed by atoms with Gasteiger partial charge in [-0.25, -0.2) is 0 Å². The van der Waals surface area contributed by atoms with Crippen molar-refractivity contribution < 1.29 is 5.11 Å². The van der Waals surface area contributed by atoms with Crippen LogP contribution in [-0.2, 0) is 5.60 Å². The molecule has 0 bridgehead atoms. The van der Waals surface area contributed by atoms with E-state index < -0.39 is 5.60 Å². The van der Waals surface area contributed by atoms with E-state index in [2.05, 4.69) is 28.9 Å². The molecule has 2 aromatic rings. The molecule has 0 spiro atoms. The van der Waals surface area contributed by atoms with E-state index in [-0.39, 0.29) is 0 Å². The lowest BCUT2D eigenvalue weighted by Gasteiger charge is -2.32. The van der Waals surface area contributed by atoms with Gasteiger partial charge in [-0.05, 0) is 49.6 Å². The van der Waals surface area contributed by atoms with E-state index in [9.17, 15) is 5.11 Å². The third kappa shape index (κ3) is 2.69. The fourth-order valence-corrected chi connectivity index (χ4v) is 4.14. The number of thiophene rings is 1. The summed E-state index contributed by atoms with van der Waals surface area (Å²) in [5.74, 6) is 0. The van der Waals surface area contributed by atoms with Crippen LogP contribution in [0.2, 0.25) is 0 Å². The van der Waals surface area contributed by atoms with E-state index in [1.807, 2.05) is 13.0 Å². The Morgan fingerprint density at radius 2 is 2.26 bits per heavy atom. The number of benzene rings is 1. The predicted molar refractivity (Wildman–Crippen MR) is 81.7 cm³/mol. The van der Waals surface area contributed by atoms with E-state index >= 15 is 0 Å². The number of hydrogen-bond acceptors (Lipinski definition) is 3. The second kappa shape index (κ2) is 5.23. The first-order valence-corrected chi connectivity index (χ1v) is 7.97. The van der Waals surface area contributed by atoms with Crippen LogP contribution in [0.25, 0.3) is 10.1 Å². The van der Waals surface area contributed by atoms with Crippen LogP contribution in [0.1, 0.15) is 38.2 Å². The van der Waals surface area contributed by atoms with Gasteiger partial charge in [-0.2, -0.15) is 0 Å². The molecule has 1 fully saturated rings. The van der Waals surface area contributed by atoms with E-state index in [0.717, 1.165) is 18.5 Å². The van der Waals surface area contributed by atoms with Crippen molar-refractivity contribution in [2.75, 3.05) is 6.54 Å². The minimum Gasteiger partial charge on any atom is -0.385 e. The Labute approximate surface area is 118 Å². The molecule has 2 atom stereocenters. The van der Waals surface area contributed by atoms with Crippen LogP contribution < -0.4 is 5.32 Å². The van der Waals surface area contributed by atoms with Gasteiger partial charge in [-0.1, -0.05) is 24.6 Å². The average molecular weight is 275 g/mol. The van der Waals surface area contributed by atoms with E-state index in [1.54, 1.807) is 11.3 Å². The summed E-state index contributed by atoms with van der Waals surface area (Å²) in [6.07, 6.45) is 4.51. The lowest BCUT2D eigenvalue weighted by Crippen LogP contribution is -2.39. The van der Waals surface area contributed by atoms with Crippen LogP contribution in [0.5, 0.6) is 0 Å². The standard InChI is InChI=1S/C16H21NOS/c1-16(18,11-13-6-2-3-9-17-13)14-7-4-5-12-8-10-19-15(12)14/h4-5,7-8,10,13,17-18H,2-3,6,9,11H2,1H3. The van der Waals surface area contributed by atoms with Crippen molar-refractivity contribution in [2.24, 2.45) is 0 Å². The van der Waals surface area contributed by atoms with Crippen LogP contribution in [0.3, 0.4) is 0 Å². The van der Waals surface area contributed by atoms with Gasteiger partial charge in [-0.15, -0.1) is 11.3 Å². The average Bonchev–Trinajstić information content (AvgIpc) is 2.87. The van der Waals surface area contributed by atoms with Crippen LogP contribution >= 0.6 is 11.3 Å². The molecule has 2 heterocycles. The van der Waals surface area contributed by atoms with Gasteiger partial charge in [0.15, 0.2) is 0 Å². The molecule has 3 rings (SSSR count). The van der Waals surface area contributed by atoms with Crippen molar-refractivity contribution in [1.82, 2.24) is 5.32 Å². The number of fused-ring (bicyclic) bond motifs is 1. The Morgan fingerprint density at radius 1 is 1.37 bits per heavy atom. The second-order valence-corrected chi connectivity index (χ2v) is 6.69. The number of hydrogen-bond donors (Lipinski definition) is 2. The van der Waals surface area contributed by atoms with Crippen LogP contribution in [0.4, 0.5) is 0 Å². The van der Waals surface area contributed by atoms with Gasteiger partial charge in [0.2, 0.25) is 0 Å². The Morgan fingerprint density at radius 3 is 3.05 bits per heavy atom. The molecule has 0 saturated carbocycles. The Kier molecular flexibility index (Phi) is 3.61. The summed E-state index contributed by atoms with van der Waals surface area (Å²) >= 11 is 1.72. The molecule has 1 aromatic heterocycles. The minimum absolute atomic E-state index is 0.443. The van der Waals surface area contributed by atoms with Crippen LogP contribution in [-0.4, -0.2) is 17.7 Å². The summed E-state index contributed by atoms with van der Waals surface area (Å²) in [5, 5.41) is 17.8. The fraction of sp³-hybridized carbons (Fsp3) is 0.500. The lowest BCUT2D eigenvalue weighted by atomic mass is 9.86. The summed E-state index contributed by atoms with van der Waals surface area (Å²) in [6, 6.07) is 8.80. The molecule has 3 heteroatoms. The van der Waals surface area contributed by atoms with Gasteiger partial charge in [-0.3, -0.25) is 0 Å². The first-order valence-electron chi connectivity index (χ1n) is 7.09. The highest BCUT2D eigenvalue weighted by Crippen LogP contribution is 2.35. The molecule has 1 aliphatic rings. The topological polar surface area (TPSA) is 32.3 Å². The van der Waals surface area contributed by atoms with Crippen molar-refractivity contribution in [3.63, 3.8) is 0 Å². The predicted octanol–water partition coefficient (Wildman–Crippen LogP) is 3.64. The molecule has 0 radical (unpaired) electrons. The maximum Gasteiger partial charge on any atom is 0.0897 e. The highest BCUT2D eigenvalue weighted by molar-refractivity contribution is 7.17. The molecular weight excluding hydrogens is 254 g/mol. The molecule has 0 aliphatic carbocycles. The third-order valence-corrected chi connectivity index (χ3v) is 5.08. The highest BCUT2D eigenvalue weighted by atomic mass is 32.1. The van der Waals surface area contributed by atoms with Gasteiger partial charge < -0.3 is 10.4 Å². The van der Waals surface area contributed by atoms with Gasteiger partial charge in [0.25, 0.3) is 0 Å². The molecule has 2 N–H and O–H groups in total. The Hall–Kier alpha value is -0.900.